The van der Waals surface area contributed by atoms with Crippen molar-refractivity contribution in [2.75, 3.05) is 0 Å². The van der Waals surface area contributed by atoms with E-state index < -0.39 is 6.10 Å². The number of ether oxygens (including phenoxy) is 1. The summed E-state index contributed by atoms with van der Waals surface area (Å²) < 4.78 is 5.32. The summed E-state index contributed by atoms with van der Waals surface area (Å²) in [7, 11) is 0. The molecule has 0 fully saturated rings. The molecule has 1 aromatic carbocycles. The van der Waals surface area contributed by atoms with Crippen LogP contribution in [0.5, 0.6) is 0 Å². The lowest BCUT2D eigenvalue weighted by molar-refractivity contribution is -0.149. The Kier molecular flexibility index (Phi) is 5.81. The van der Waals surface area contributed by atoms with E-state index in [9.17, 15) is 4.79 Å². The summed E-state index contributed by atoms with van der Waals surface area (Å²) in [5.74, 6) is -0.226. The molecular weight excluding hydrogens is 214 g/mol. The molecule has 1 rings (SSSR count). The molecule has 0 spiro atoms. The van der Waals surface area contributed by atoms with Crippen LogP contribution in [0.15, 0.2) is 30.3 Å². The Bertz CT molecular complexity index is 381. The molecular formula is C14H17NO2. The average molecular weight is 231 g/mol. The van der Waals surface area contributed by atoms with E-state index in [-0.39, 0.29) is 12.4 Å². The number of esters is 1. The number of carbonyl (C=O) groups is 1. The van der Waals surface area contributed by atoms with E-state index in [1.54, 1.807) is 0 Å². The molecule has 90 valence electrons. The Morgan fingerprint density at radius 2 is 2.12 bits per heavy atom. The molecule has 1 atom stereocenters. The van der Waals surface area contributed by atoms with Crippen molar-refractivity contribution in [3.63, 3.8) is 0 Å². The summed E-state index contributed by atoms with van der Waals surface area (Å²) in [5.41, 5.74) is 0.874. The average Bonchev–Trinajstić information content (AvgIpc) is 2.37. The maximum Gasteiger partial charge on any atom is 0.306 e. The molecule has 0 aliphatic carbocycles. The summed E-state index contributed by atoms with van der Waals surface area (Å²) >= 11 is 0. The number of unbranched alkanes of at least 4 members (excludes halogenated alkanes) is 1. The van der Waals surface area contributed by atoms with Crippen LogP contribution in [-0.2, 0) is 9.53 Å². The van der Waals surface area contributed by atoms with E-state index in [4.69, 9.17) is 10.00 Å². The molecule has 3 heteroatoms. The molecule has 0 N–H and O–H groups in total. The number of benzene rings is 1. The smallest absolute Gasteiger partial charge is 0.306 e. The van der Waals surface area contributed by atoms with E-state index in [0.29, 0.717) is 6.42 Å². The summed E-state index contributed by atoms with van der Waals surface area (Å²) in [4.78, 5) is 11.5. The van der Waals surface area contributed by atoms with E-state index in [1.165, 1.54) is 0 Å². The topological polar surface area (TPSA) is 50.1 Å². The molecule has 0 unspecified atom stereocenters. The predicted molar refractivity (Wildman–Crippen MR) is 65.0 cm³/mol. The minimum absolute atomic E-state index is 0.196. The second-order valence-electron chi connectivity index (χ2n) is 3.85. The van der Waals surface area contributed by atoms with Gasteiger partial charge in [-0.15, -0.1) is 0 Å². The largest absolute Gasteiger partial charge is 0.456 e. The first-order valence-corrected chi connectivity index (χ1v) is 5.89. The van der Waals surface area contributed by atoms with Crippen LogP contribution in [0.4, 0.5) is 0 Å². The minimum atomic E-state index is -0.439. The third-order valence-corrected chi connectivity index (χ3v) is 2.46. The summed E-state index contributed by atoms with van der Waals surface area (Å²) in [6.45, 7) is 2.03. The molecule has 0 aliphatic heterocycles. The Morgan fingerprint density at radius 3 is 2.71 bits per heavy atom. The van der Waals surface area contributed by atoms with Gasteiger partial charge in [0, 0.05) is 6.42 Å². The van der Waals surface area contributed by atoms with E-state index >= 15 is 0 Å². The van der Waals surface area contributed by atoms with Crippen molar-refractivity contribution < 1.29 is 9.53 Å². The first-order valence-electron chi connectivity index (χ1n) is 5.89. The van der Waals surface area contributed by atoms with Gasteiger partial charge in [0.25, 0.3) is 0 Å². The van der Waals surface area contributed by atoms with Gasteiger partial charge in [-0.1, -0.05) is 43.7 Å². The van der Waals surface area contributed by atoms with Gasteiger partial charge in [-0.25, -0.2) is 0 Å². The Labute approximate surface area is 102 Å². The van der Waals surface area contributed by atoms with Crippen molar-refractivity contribution in [2.24, 2.45) is 0 Å². The van der Waals surface area contributed by atoms with Gasteiger partial charge in [0.1, 0.15) is 6.10 Å². The maximum atomic E-state index is 11.5. The van der Waals surface area contributed by atoms with Crippen LogP contribution in [0.1, 0.15) is 44.3 Å². The van der Waals surface area contributed by atoms with Crippen LogP contribution >= 0.6 is 0 Å². The molecule has 1 aromatic rings. The van der Waals surface area contributed by atoms with Crippen LogP contribution in [0.2, 0.25) is 0 Å². The molecule has 0 aromatic heterocycles. The first kappa shape index (κ1) is 13.2. The molecule has 0 saturated heterocycles. The number of nitrogens with zero attached hydrogens (tertiary/aromatic N) is 1. The fraction of sp³-hybridized carbons (Fsp3) is 0.429. The van der Waals surface area contributed by atoms with Gasteiger partial charge in [-0.3, -0.25) is 4.79 Å². The van der Waals surface area contributed by atoms with Crippen molar-refractivity contribution in [1.29, 1.82) is 5.26 Å². The highest BCUT2D eigenvalue weighted by atomic mass is 16.5. The first-order chi connectivity index (χ1) is 8.27. The molecule has 3 nitrogen and oxygen atoms in total. The van der Waals surface area contributed by atoms with Crippen LogP contribution in [0.25, 0.3) is 0 Å². The number of rotatable bonds is 6. The van der Waals surface area contributed by atoms with Gasteiger partial charge in [0.15, 0.2) is 0 Å². The quantitative estimate of drug-likeness (QED) is 0.705. The number of hydrogen-bond donors (Lipinski definition) is 0. The van der Waals surface area contributed by atoms with Gasteiger partial charge in [-0.2, -0.15) is 5.26 Å². The maximum absolute atomic E-state index is 11.5. The van der Waals surface area contributed by atoms with Crippen LogP contribution in [0, 0.1) is 11.3 Å². The third kappa shape index (κ3) is 4.69. The minimum Gasteiger partial charge on any atom is -0.456 e. The third-order valence-electron chi connectivity index (χ3n) is 2.46. The fourth-order valence-electron chi connectivity index (χ4n) is 1.52. The van der Waals surface area contributed by atoms with Crippen LogP contribution in [0.3, 0.4) is 0 Å². The summed E-state index contributed by atoms with van der Waals surface area (Å²) in [6, 6.07) is 11.4. The Hall–Kier alpha value is -1.82. The van der Waals surface area contributed by atoms with E-state index in [0.717, 1.165) is 18.4 Å². The lowest BCUT2D eigenvalue weighted by Gasteiger charge is -2.15. The zero-order valence-electron chi connectivity index (χ0n) is 10.1. The number of carbonyl (C=O) groups excluding carboxylic acids is 1. The highest BCUT2D eigenvalue weighted by Crippen LogP contribution is 2.21. The molecule has 0 bridgehead atoms. The fourth-order valence-corrected chi connectivity index (χ4v) is 1.52. The van der Waals surface area contributed by atoms with Crippen LogP contribution in [-0.4, -0.2) is 5.97 Å². The van der Waals surface area contributed by atoms with Crippen LogP contribution < -0.4 is 0 Å². The molecule has 0 aliphatic rings. The lowest BCUT2D eigenvalue weighted by Crippen LogP contribution is -2.10. The highest BCUT2D eigenvalue weighted by Gasteiger charge is 2.15. The van der Waals surface area contributed by atoms with Crippen molar-refractivity contribution >= 4 is 5.97 Å². The number of nitriles is 1. The predicted octanol–water partition coefficient (Wildman–Crippen LogP) is 3.37. The molecule has 0 amide bonds. The van der Waals surface area contributed by atoms with E-state index in [1.807, 2.05) is 37.3 Å². The SMILES string of the molecule is CCCCC(=O)O[C@@H](CC#N)c1ccccc1. The zero-order valence-corrected chi connectivity index (χ0v) is 10.1. The molecule has 0 radical (unpaired) electrons. The van der Waals surface area contributed by atoms with Crippen molar-refractivity contribution in [3.8, 4) is 6.07 Å². The lowest BCUT2D eigenvalue weighted by atomic mass is 10.1. The van der Waals surface area contributed by atoms with Crippen molar-refractivity contribution in [2.45, 2.75) is 38.7 Å². The normalized spacial score (nSPS) is 11.5. The second kappa shape index (κ2) is 7.45. The highest BCUT2D eigenvalue weighted by molar-refractivity contribution is 5.69. The van der Waals surface area contributed by atoms with Gasteiger partial charge in [0.2, 0.25) is 0 Å². The van der Waals surface area contributed by atoms with E-state index in [2.05, 4.69) is 6.07 Å². The summed E-state index contributed by atoms with van der Waals surface area (Å²) in [5, 5.41) is 8.75. The van der Waals surface area contributed by atoms with Gasteiger partial charge in [-0.05, 0) is 12.0 Å². The summed E-state index contributed by atoms with van der Waals surface area (Å²) in [6.07, 6.45) is 1.97. The van der Waals surface area contributed by atoms with Gasteiger partial charge < -0.3 is 4.74 Å². The molecule has 0 heterocycles. The van der Waals surface area contributed by atoms with Gasteiger partial charge >= 0.3 is 5.97 Å². The standard InChI is InChI=1S/C14H17NO2/c1-2-3-9-14(16)17-13(10-11-15)12-7-5-4-6-8-12/h4-8,13H,2-3,9-10H2,1H3/t13-/m0/s1. The molecule has 0 saturated carbocycles. The van der Waals surface area contributed by atoms with Crippen molar-refractivity contribution in [1.82, 2.24) is 0 Å². The second-order valence-corrected chi connectivity index (χ2v) is 3.85. The van der Waals surface area contributed by atoms with Gasteiger partial charge in [0.05, 0.1) is 12.5 Å². The number of hydrogen-bond acceptors (Lipinski definition) is 3. The Balaban J connectivity index is 2.61. The Morgan fingerprint density at radius 1 is 1.41 bits per heavy atom. The molecule has 17 heavy (non-hydrogen) atoms. The zero-order chi connectivity index (χ0) is 12.5. The van der Waals surface area contributed by atoms with Crippen molar-refractivity contribution in [3.05, 3.63) is 35.9 Å². The monoisotopic (exact) mass is 231 g/mol.